The lowest BCUT2D eigenvalue weighted by Gasteiger charge is -2.38. The number of carbonyl (C=O) groups excluding carboxylic acids is 5. The lowest BCUT2D eigenvalue weighted by atomic mass is 9.98. The number of anilines is 5. The minimum Gasteiger partial charge on any atom is -0.365 e. The van der Waals surface area contributed by atoms with Crippen LogP contribution in [0.1, 0.15) is 231 Å². The quantitative estimate of drug-likeness (QED) is 0.0250. The van der Waals surface area contributed by atoms with Gasteiger partial charge in [0.2, 0.25) is 29.5 Å². The van der Waals surface area contributed by atoms with Crippen molar-refractivity contribution in [1.29, 1.82) is 0 Å². The smallest absolute Gasteiger partial charge is 0.258 e. The topological polar surface area (TPSA) is 370 Å². The standard InChI is InChI=1S/3C20H26FN5O.2C19H23F2N5O/c1-11(2)19(27)26-9-13(6-5-12(26)3)25-18-16-14(15-7-20(15,4)21)8-22-17(16)23-10-24-18;2*1-4-5-16(27)26-10-13(7-6-12(26)2)25-19-17-14(15-8-20(15,3)21)9-22-18(17)23-11-24-19;2*1-4-14(27)26-8-12(6-5-10(26)2)25-18-15-13(16-11(3)19(16,20)21)7-22-17(15)23-9-24-18/h8,10,12-13,15H,1,5-7,9H2,2-4H3,(H2,22,23,24,25);2*4-5,9,11-13,15H,6-8,10H2,1-3H3,(H2,22,23,24,25);2*4,7,9-12,16H,1,5-6,8H2,2-3H3,(H2,22,23,24,25)/b;2*5-4+;;/t2*12-,13+,15+,20?;12-,13+,15-,20?;10-,11+,12+,16+;10-,11-,12+,16-/m00000/s1. The van der Waals surface area contributed by atoms with E-state index in [4.69, 9.17) is 0 Å². The van der Waals surface area contributed by atoms with Gasteiger partial charge >= 0.3 is 0 Å². The van der Waals surface area contributed by atoms with Gasteiger partial charge in [-0.2, -0.15) is 0 Å². The summed E-state index contributed by atoms with van der Waals surface area (Å²) in [6.07, 6.45) is 36.2. The maximum Gasteiger partial charge on any atom is 0.258 e. The van der Waals surface area contributed by atoms with E-state index in [-0.39, 0.29) is 108 Å². The molecule has 10 aliphatic rings. The lowest BCUT2D eigenvalue weighted by molar-refractivity contribution is -0.131. The van der Waals surface area contributed by atoms with Crippen LogP contribution in [0, 0.1) is 11.8 Å². The first-order valence-electron chi connectivity index (χ1n) is 47.2. The van der Waals surface area contributed by atoms with E-state index >= 15 is 0 Å². The molecule has 0 spiro atoms. The highest BCUT2D eigenvalue weighted by Crippen LogP contribution is 2.65. The molecule has 10 fully saturated rings. The number of allylic oxidation sites excluding steroid dienone is 2. The second kappa shape index (κ2) is 38.1. The summed E-state index contributed by atoms with van der Waals surface area (Å²) < 4.78 is 98.7. The zero-order chi connectivity index (χ0) is 96.4. The Morgan fingerprint density at radius 2 is 0.578 bits per heavy atom. The molecule has 135 heavy (non-hydrogen) atoms. The molecule has 10 aromatic heterocycles. The van der Waals surface area contributed by atoms with Gasteiger partial charge in [0.05, 0.1) is 38.8 Å². The predicted octanol–water partition coefficient (Wildman–Crippen LogP) is 17.2. The van der Waals surface area contributed by atoms with Gasteiger partial charge in [0.15, 0.2) is 0 Å². The van der Waals surface area contributed by atoms with Gasteiger partial charge in [0.25, 0.3) is 11.8 Å². The summed E-state index contributed by atoms with van der Waals surface area (Å²) >= 11 is 0. The summed E-state index contributed by atoms with van der Waals surface area (Å²) in [6.45, 7) is 37.6. The number of piperidine rings is 5. The molecule has 5 amide bonds. The van der Waals surface area contributed by atoms with Crippen molar-refractivity contribution in [2.24, 2.45) is 11.8 Å². The average molecular weight is 1870 g/mol. The highest BCUT2D eigenvalue weighted by atomic mass is 19.3. The molecule has 20 rings (SSSR count). The van der Waals surface area contributed by atoms with Crippen LogP contribution in [0.25, 0.3) is 55.2 Å². The number of amides is 5. The maximum absolute atomic E-state index is 14.3. The van der Waals surface area contributed by atoms with Gasteiger partial charge in [-0.3, -0.25) is 24.0 Å². The van der Waals surface area contributed by atoms with Crippen LogP contribution in [0.2, 0.25) is 0 Å². The van der Waals surface area contributed by atoms with Gasteiger partial charge in [-0.05, 0) is 212 Å². The van der Waals surface area contributed by atoms with E-state index in [1.807, 2.05) is 61.0 Å². The highest BCUT2D eigenvalue weighted by Gasteiger charge is 2.68. The molecule has 720 valence electrons. The van der Waals surface area contributed by atoms with Gasteiger partial charge in [0, 0.05) is 159 Å². The molecule has 5 aliphatic heterocycles. The van der Waals surface area contributed by atoms with E-state index in [1.165, 1.54) is 43.8 Å². The molecule has 3 unspecified atom stereocenters. The highest BCUT2D eigenvalue weighted by molar-refractivity contribution is 5.97. The summed E-state index contributed by atoms with van der Waals surface area (Å²) in [6, 6.07) is 1.20. The fourth-order valence-electron chi connectivity index (χ4n) is 20.6. The number of nitrogens with zero attached hydrogens (tertiary/aromatic N) is 15. The van der Waals surface area contributed by atoms with Crippen molar-refractivity contribution in [3.05, 3.63) is 152 Å². The van der Waals surface area contributed by atoms with Crippen molar-refractivity contribution < 1.29 is 54.7 Å². The number of likely N-dealkylation sites (tertiary alicyclic amines) is 5. The number of hydrogen-bond acceptors (Lipinski definition) is 20. The first-order valence-corrected chi connectivity index (χ1v) is 47.2. The average Bonchev–Trinajstić information content (AvgIpc) is 1.55. The van der Waals surface area contributed by atoms with Gasteiger partial charge < -0.3 is 76.0 Å². The van der Waals surface area contributed by atoms with Gasteiger partial charge in [-0.25, -0.2) is 80.6 Å². The Kier molecular flexibility index (Phi) is 27.0. The largest absolute Gasteiger partial charge is 0.365 e. The monoisotopic (exact) mass is 1860 g/mol. The van der Waals surface area contributed by atoms with Crippen LogP contribution in [0.3, 0.4) is 0 Å². The number of alkyl halides is 7. The number of hydrogen-bond donors (Lipinski definition) is 10. The number of H-pyrrole nitrogens is 5. The fourth-order valence-corrected chi connectivity index (χ4v) is 20.6. The normalized spacial score (nSPS) is 30.2. The summed E-state index contributed by atoms with van der Waals surface area (Å²) in [4.78, 5) is 129. The van der Waals surface area contributed by atoms with Crippen molar-refractivity contribution in [3.8, 4) is 0 Å². The molecule has 30 nitrogen and oxygen atoms in total. The Hall–Kier alpha value is -12.3. The van der Waals surface area contributed by atoms with Crippen LogP contribution in [-0.2, 0) is 24.0 Å². The van der Waals surface area contributed by atoms with Crippen molar-refractivity contribution in [1.82, 2.24) is 99.3 Å². The molecule has 10 aromatic rings. The lowest BCUT2D eigenvalue weighted by Crippen LogP contribution is -2.50. The Bertz CT molecular complexity index is 5880. The van der Waals surface area contributed by atoms with Gasteiger partial charge in [0.1, 0.15) is 106 Å². The zero-order valence-electron chi connectivity index (χ0n) is 78.8. The molecule has 5 saturated carbocycles. The van der Waals surface area contributed by atoms with Crippen LogP contribution in [0.15, 0.2) is 124 Å². The number of halogens is 7. The van der Waals surface area contributed by atoms with E-state index in [1.54, 1.807) is 88.0 Å². The summed E-state index contributed by atoms with van der Waals surface area (Å²) in [7, 11) is 0. The molecule has 10 N–H and O–H groups in total. The van der Waals surface area contributed by atoms with E-state index in [9.17, 15) is 54.7 Å². The number of rotatable bonds is 20. The van der Waals surface area contributed by atoms with Crippen LogP contribution >= 0.6 is 0 Å². The van der Waals surface area contributed by atoms with E-state index in [0.717, 1.165) is 120 Å². The van der Waals surface area contributed by atoms with Crippen molar-refractivity contribution in [2.45, 2.75) is 292 Å². The Balaban J connectivity index is 0.000000123. The molecular formula is C98H124F7N25O5. The Morgan fingerprint density at radius 3 is 0.793 bits per heavy atom. The molecule has 37 heteroatoms. The SMILES string of the molecule is C/C=C/C(=O)N1C[C@H](Nc2ncnc3[nH]cc([C@@H]4CC4(C)F)c23)CC[C@@H]1C.C/C=C/C(=O)N1C[C@H](Nc2ncnc3[nH]cc([C@H]4CC4(C)F)c23)CC[C@@H]1C.C=C(C)C(=O)N1C[C@H](Nc2ncnc3[nH]cc([C@H]4CC4(C)F)c23)CC[C@@H]1C.C=CC(=O)N1C[C@H](Nc2ncnc3[nH]cc([C@@H]4[C@H](C)C4(F)F)c23)CC[C@@H]1C.C=CC(=O)N1C[C@H](Nc2ncnc3[nH]cc([C@H]4[C@@H](C)C4(F)F)c23)CC[C@@H]1C. The van der Waals surface area contributed by atoms with Crippen molar-refractivity contribution in [3.63, 3.8) is 0 Å². The number of aromatic nitrogens is 15. The van der Waals surface area contributed by atoms with Crippen LogP contribution in [0.5, 0.6) is 0 Å². The first-order chi connectivity index (χ1) is 64.3. The summed E-state index contributed by atoms with van der Waals surface area (Å²) in [5.74, 6) is -5.67. The first kappa shape index (κ1) is 95.8. The van der Waals surface area contributed by atoms with Crippen LogP contribution in [0.4, 0.5) is 59.8 Å². The molecular weight excluding hydrogens is 1740 g/mol. The maximum atomic E-state index is 14.3. The van der Waals surface area contributed by atoms with E-state index in [2.05, 4.69) is 142 Å². The number of aromatic amines is 5. The van der Waals surface area contributed by atoms with Crippen LogP contribution in [-0.4, -0.2) is 251 Å². The van der Waals surface area contributed by atoms with Crippen molar-refractivity contribution in [2.75, 3.05) is 59.3 Å². The molecule has 0 radical (unpaired) electrons. The summed E-state index contributed by atoms with van der Waals surface area (Å²) in [5.41, 5.74) is 4.21. The third-order valence-electron chi connectivity index (χ3n) is 29.5. The molecule has 5 aliphatic carbocycles. The second-order valence-corrected chi connectivity index (χ2v) is 39.4. The van der Waals surface area contributed by atoms with Gasteiger partial charge in [-0.1, -0.05) is 45.7 Å². The zero-order valence-corrected chi connectivity index (χ0v) is 78.8. The third kappa shape index (κ3) is 19.8. The van der Waals surface area contributed by atoms with E-state index < -0.39 is 52.5 Å². The molecule has 0 bridgehead atoms. The molecule has 20 atom stereocenters. The predicted molar refractivity (Wildman–Crippen MR) is 508 cm³/mol. The Labute approximate surface area is 779 Å². The Morgan fingerprint density at radius 1 is 0.363 bits per heavy atom. The molecule has 5 saturated heterocycles. The molecule has 15 heterocycles. The van der Waals surface area contributed by atoms with Crippen molar-refractivity contribution >= 4 is 114 Å². The second-order valence-electron chi connectivity index (χ2n) is 39.4. The minimum atomic E-state index is -2.70. The van der Waals surface area contributed by atoms with Gasteiger partial charge in [-0.15, -0.1) is 0 Å². The summed E-state index contributed by atoms with van der Waals surface area (Å²) in [5, 5.41) is 21.0. The number of nitrogens with one attached hydrogen (secondary N) is 10. The number of carbonyl (C=O) groups is 5. The molecule has 0 aromatic carbocycles. The third-order valence-corrected chi connectivity index (χ3v) is 29.5. The number of fused-ring (bicyclic) bond motifs is 5. The minimum absolute atomic E-state index is 0.00431. The van der Waals surface area contributed by atoms with E-state index in [0.29, 0.717) is 114 Å². The van der Waals surface area contributed by atoms with Crippen LogP contribution < -0.4 is 26.6 Å². The fraction of sp³-hybridized carbons (Fsp3) is 0.541.